The number of furan rings is 1. The zero-order valence-electron chi connectivity index (χ0n) is 11.8. The zero-order valence-corrected chi connectivity index (χ0v) is 11.8. The van der Waals surface area contributed by atoms with Crippen LogP contribution in [0, 0.1) is 5.82 Å². The fourth-order valence-electron chi connectivity index (χ4n) is 1.80. The second-order valence-electron chi connectivity index (χ2n) is 4.22. The maximum absolute atomic E-state index is 13.2. The van der Waals surface area contributed by atoms with Gasteiger partial charge >= 0.3 is 5.97 Å². The first-order valence-electron chi connectivity index (χ1n) is 6.46. The van der Waals surface area contributed by atoms with Crippen molar-refractivity contribution in [1.82, 2.24) is 0 Å². The summed E-state index contributed by atoms with van der Waals surface area (Å²) in [5.74, 6) is 0.163. The number of rotatable bonds is 6. The third-order valence-electron chi connectivity index (χ3n) is 2.77. The minimum Gasteiger partial charge on any atom is -0.492 e. The number of carbonyl (C=O) groups is 1. The van der Waals surface area contributed by atoms with Gasteiger partial charge in [0, 0.05) is 6.07 Å². The standard InChI is InChI=1S/C15H16FNO4/c1-3-20-14-7-11(16)4-5-13(14)17-8-12-6-10(9-21-12)15(18)19-2/h4-7,9,17H,3,8H2,1-2H3. The molecule has 0 radical (unpaired) electrons. The lowest BCUT2D eigenvalue weighted by atomic mass is 10.2. The Kier molecular flexibility index (Phi) is 4.81. The smallest absolute Gasteiger partial charge is 0.341 e. The average Bonchev–Trinajstić information content (AvgIpc) is 2.95. The Balaban J connectivity index is 2.06. The number of hydrogen-bond acceptors (Lipinski definition) is 5. The van der Waals surface area contributed by atoms with E-state index in [0.29, 0.717) is 35.9 Å². The summed E-state index contributed by atoms with van der Waals surface area (Å²) in [5.41, 5.74) is 0.993. The van der Waals surface area contributed by atoms with Gasteiger partial charge in [-0.3, -0.25) is 0 Å². The van der Waals surface area contributed by atoms with Crippen LogP contribution in [-0.2, 0) is 11.3 Å². The quantitative estimate of drug-likeness (QED) is 0.829. The van der Waals surface area contributed by atoms with E-state index in [1.54, 1.807) is 12.1 Å². The molecule has 1 aromatic carbocycles. The van der Waals surface area contributed by atoms with Crippen LogP contribution in [0.4, 0.5) is 10.1 Å². The Hall–Kier alpha value is -2.50. The molecule has 1 N–H and O–H groups in total. The molecule has 0 spiro atoms. The number of nitrogens with one attached hydrogen (secondary N) is 1. The highest BCUT2D eigenvalue weighted by Gasteiger charge is 2.11. The molecule has 0 fully saturated rings. The van der Waals surface area contributed by atoms with Crippen LogP contribution in [0.25, 0.3) is 0 Å². The molecule has 0 aliphatic carbocycles. The molecular formula is C15H16FNO4. The third-order valence-corrected chi connectivity index (χ3v) is 2.77. The molecule has 21 heavy (non-hydrogen) atoms. The normalized spacial score (nSPS) is 10.2. The fourth-order valence-corrected chi connectivity index (χ4v) is 1.80. The number of ether oxygens (including phenoxy) is 2. The first-order valence-corrected chi connectivity index (χ1v) is 6.46. The maximum Gasteiger partial charge on any atom is 0.341 e. The van der Waals surface area contributed by atoms with Crippen molar-refractivity contribution < 1.29 is 23.1 Å². The van der Waals surface area contributed by atoms with E-state index in [-0.39, 0.29) is 5.82 Å². The molecule has 0 amide bonds. The highest BCUT2D eigenvalue weighted by atomic mass is 19.1. The predicted molar refractivity (Wildman–Crippen MR) is 74.9 cm³/mol. The monoisotopic (exact) mass is 293 g/mol. The van der Waals surface area contributed by atoms with Crippen molar-refractivity contribution in [3.05, 3.63) is 47.7 Å². The molecular weight excluding hydrogens is 277 g/mol. The summed E-state index contributed by atoms with van der Waals surface area (Å²) in [6.07, 6.45) is 1.33. The van der Waals surface area contributed by atoms with Crippen molar-refractivity contribution in [2.75, 3.05) is 19.0 Å². The van der Waals surface area contributed by atoms with Crippen LogP contribution in [0.1, 0.15) is 23.0 Å². The Morgan fingerprint density at radius 1 is 1.38 bits per heavy atom. The molecule has 112 valence electrons. The molecule has 1 aromatic heterocycles. The van der Waals surface area contributed by atoms with Crippen molar-refractivity contribution in [1.29, 1.82) is 0 Å². The van der Waals surface area contributed by atoms with Crippen molar-refractivity contribution in [3.8, 4) is 5.75 Å². The molecule has 0 saturated carbocycles. The zero-order chi connectivity index (χ0) is 15.2. The molecule has 0 atom stereocenters. The SMILES string of the molecule is CCOc1cc(F)ccc1NCc1cc(C(=O)OC)co1. The third kappa shape index (κ3) is 3.75. The number of anilines is 1. The second kappa shape index (κ2) is 6.78. The van der Waals surface area contributed by atoms with Crippen LogP contribution >= 0.6 is 0 Å². The summed E-state index contributed by atoms with van der Waals surface area (Å²) in [6, 6.07) is 5.83. The minimum absolute atomic E-state index is 0.336. The van der Waals surface area contributed by atoms with Gasteiger partial charge in [-0.25, -0.2) is 9.18 Å². The van der Waals surface area contributed by atoms with Gasteiger partial charge in [0.15, 0.2) is 0 Å². The number of hydrogen-bond donors (Lipinski definition) is 1. The van der Waals surface area contributed by atoms with Crippen molar-refractivity contribution in [2.45, 2.75) is 13.5 Å². The van der Waals surface area contributed by atoms with Crippen LogP contribution in [-0.4, -0.2) is 19.7 Å². The second-order valence-corrected chi connectivity index (χ2v) is 4.22. The molecule has 0 saturated heterocycles. The number of carbonyl (C=O) groups excluding carboxylic acids is 1. The molecule has 0 unspecified atom stereocenters. The lowest BCUT2D eigenvalue weighted by molar-refractivity contribution is 0.0600. The molecule has 6 heteroatoms. The van der Waals surface area contributed by atoms with Crippen LogP contribution in [0.15, 0.2) is 34.9 Å². The number of methoxy groups -OCH3 is 1. The summed E-state index contributed by atoms with van der Waals surface area (Å²) >= 11 is 0. The van der Waals surface area contributed by atoms with Gasteiger partial charge in [-0.15, -0.1) is 0 Å². The topological polar surface area (TPSA) is 60.7 Å². The van der Waals surface area contributed by atoms with Gasteiger partial charge in [-0.05, 0) is 25.1 Å². The molecule has 0 aliphatic heterocycles. The Labute approximate surface area is 121 Å². The van der Waals surface area contributed by atoms with Crippen molar-refractivity contribution >= 4 is 11.7 Å². The van der Waals surface area contributed by atoms with Crippen molar-refractivity contribution in [3.63, 3.8) is 0 Å². The van der Waals surface area contributed by atoms with E-state index in [0.717, 1.165) is 0 Å². The van der Waals surface area contributed by atoms with Gasteiger partial charge in [0.25, 0.3) is 0 Å². The van der Waals surface area contributed by atoms with E-state index >= 15 is 0 Å². The first kappa shape index (κ1) is 14.9. The van der Waals surface area contributed by atoms with E-state index in [4.69, 9.17) is 9.15 Å². The number of benzene rings is 1. The minimum atomic E-state index is -0.457. The van der Waals surface area contributed by atoms with Gasteiger partial charge < -0.3 is 19.2 Å². The van der Waals surface area contributed by atoms with Crippen LogP contribution in [0.2, 0.25) is 0 Å². The Bertz CT molecular complexity index is 624. The van der Waals surface area contributed by atoms with Crippen LogP contribution in [0.3, 0.4) is 0 Å². The highest BCUT2D eigenvalue weighted by molar-refractivity contribution is 5.89. The molecule has 0 bridgehead atoms. The molecule has 2 rings (SSSR count). The van der Waals surface area contributed by atoms with Gasteiger partial charge in [0.2, 0.25) is 0 Å². The lowest BCUT2D eigenvalue weighted by Gasteiger charge is -2.11. The predicted octanol–water partition coefficient (Wildman–Crippen LogP) is 3.22. The summed E-state index contributed by atoms with van der Waals surface area (Å²) in [5, 5.41) is 3.07. The molecule has 1 heterocycles. The van der Waals surface area contributed by atoms with Crippen LogP contribution in [0.5, 0.6) is 5.75 Å². The van der Waals surface area contributed by atoms with Gasteiger partial charge in [0.1, 0.15) is 23.6 Å². The molecule has 0 aliphatic rings. The fraction of sp³-hybridized carbons (Fsp3) is 0.267. The van der Waals surface area contributed by atoms with Crippen LogP contribution < -0.4 is 10.1 Å². The van der Waals surface area contributed by atoms with Gasteiger partial charge in [-0.1, -0.05) is 0 Å². The average molecular weight is 293 g/mol. The van der Waals surface area contributed by atoms with E-state index in [9.17, 15) is 9.18 Å². The maximum atomic E-state index is 13.2. The summed E-state index contributed by atoms with van der Waals surface area (Å²) < 4.78 is 28.4. The summed E-state index contributed by atoms with van der Waals surface area (Å²) in [7, 11) is 1.31. The Morgan fingerprint density at radius 2 is 2.19 bits per heavy atom. The highest BCUT2D eigenvalue weighted by Crippen LogP contribution is 2.26. The summed E-state index contributed by atoms with van der Waals surface area (Å²) in [4.78, 5) is 11.3. The van der Waals surface area contributed by atoms with E-state index in [2.05, 4.69) is 10.1 Å². The summed E-state index contributed by atoms with van der Waals surface area (Å²) in [6.45, 7) is 2.60. The van der Waals surface area contributed by atoms with Crippen molar-refractivity contribution in [2.24, 2.45) is 0 Å². The van der Waals surface area contributed by atoms with E-state index in [1.807, 2.05) is 6.92 Å². The Morgan fingerprint density at radius 3 is 2.90 bits per heavy atom. The van der Waals surface area contributed by atoms with E-state index in [1.165, 1.54) is 25.5 Å². The largest absolute Gasteiger partial charge is 0.492 e. The number of esters is 1. The van der Waals surface area contributed by atoms with Gasteiger partial charge in [-0.2, -0.15) is 0 Å². The van der Waals surface area contributed by atoms with E-state index < -0.39 is 5.97 Å². The number of halogens is 1. The lowest BCUT2D eigenvalue weighted by Crippen LogP contribution is -2.03. The first-order chi connectivity index (χ1) is 10.1. The molecule has 5 nitrogen and oxygen atoms in total. The van der Waals surface area contributed by atoms with Gasteiger partial charge in [0.05, 0.1) is 31.5 Å². The molecule has 2 aromatic rings.